The van der Waals surface area contributed by atoms with Gasteiger partial charge in [0.2, 0.25) is 10.0 Å². The van der Waals surface area contributed by atoms with Crippen molar-refractivity contribution < 1.29 is 8.42 Å². The van der Waals surface area contributed by atoms with Crippen LogP contribution in [0.25, 0.3) is 0 Å². The van der Waals surface area contributed by atoms with E-state index < -0.39 is 10.0 Å². The normalized spacial score (nSPS) is 11.7. The molecule has 108 valence electrons. The van der Waals surface area contributed by atoms with Gasteiger partial charge in [0.1, 0.15) is 0 Å². The fraction of sp³-hybridized carbons (Fsp3) is 0.286. The van der Waals surface area contributed by atoms with Crippen molar-refractivity contribution in [3.8, 4) is 0 Å². The van der Waals surface area contributed by atoms with E-state index in [0.717, 1.165) is 10.4 Å². The Hall–Kier alpha value is -1.21. The van der Waals surface area contributed by atoms with Gasteiger partial charge in [-0.15, -0.1) is 11.3 Å². The van der Waals surface area contributed by atoms with Gasteiger partial charge in [-0.1, -0.05) is 18.2 Å². The first-order valence-corrected chi connectivity index (χ1v) is 8.60. The average molecular weight is 310 g/mol. The van der Waals surface area contributed by atoms with Crippen molar-refractivity contribution in [3.63, 3.8) is 0 Å². The molecule has 1 aromatic carbocycles. The Balaban J connectivity index is 2.18. The monoisotopic (exact) mass is 310 g/mol. The van der Waals surface area contributed by atoms with Crippen LogP contribution < -0.4 is 10.0 Å². The van der Waals surface area contributed by atoms with Crippen molar-refractivity contribution in [2.24, 2.45) is 0 Å². The number of thiophene rings is 1. The zero-order valence-electron chi connectivity index (χ0n) is 11.5. The van der Waals surface area contributed by atoms with E-state index in [2.05, 4.69) is 10.0 Å². The van der Waals surface area contributed by atoms with Gasteiger partial charge >= 0.3 is 0 Å². The second kappa shape index (κ2) is 6.49. The molecule has 4 nitrogen and oxygen atoms in total. The summed E-state index contributed by atoms with van der Waals surface area (Å²) >= 11 is 1.60. The summed E-state index contributed by atoms with van der Waals surface area (Å²) < 4.78 is 27.4. The first-order valence-electron chi connectivity index (χ1n) is 6.30. The Morgan fingerprint density at radius 3 is 2.50 bits per heavy atom. The zero-order valence-corrected chi connectivity index (χ0v) is 13.1. The summed E-state index contributed by atoms with van der Waals surface area (Å²) in [6.07, 6.45) is 0. The molecule has 2 rings (SSSR count). The first-order chi connectivity index (χ1) is 9.53. The second-order valence-electron chi connectivity index (χ2n) is 4.47. The van der Waals surface area contributed by atoms with E-state index in [-0.39, 0.29) is 0 Å². The van der Waals surface area contributed by atoms with Gasteiger partial charge in [0.15, 0.2) is 0 Å². The lowest BCUT2D eigenvalue weighted by molar-refractivity contribution is 0.580. The van der Waals surface area contributed by atoms with E-state index >= 15 is 0 Å². The number of benzene rings is 1. The van der Waals surface area contributed by atoms with Gasteiger partial charge in [-0.2, -0.15) is 0 Å². The van der Waals surface area contributed by atoms with E-state index in [1.807, 2.05) is 31.2 Å². The molecule has 0 spiro atoms. The van der Waals surface area contributed by atoms with Crippen molar-refractivity contribution in [3.05, 3.63) is 51.7 Å². The highest BCUT2D eigenvalue weighted by atomic mass is 32.2. The average Bonchev–Trinajstić information content (AvgIpc) is 2.83. The van der Waals surface area contributed by atoms with Crippen molar-refractivity contribution in [2.75, 3.05) is 7.05 Å². The molecule has 1 heterocycles. The second-order valence-corrected chi connectivity index (χ2v) is 7.58. The molecular formula is C14H18N2O2S2. The van der Waals surface area contributed by atoms with Crippen LogP contribution in [0.2, 0.25) is 0 Å². The summed E-state index contributed by atoms with van der Waals surface area (Å²) in [6, 6.07) is 11.0. The molecule has 2 N–H and O–H groups in total. The lowest BCUT2D eigenvalue weighted by atomic mass is 10.2. The van der Waals surface area contributed by atoms with Crippen LogP contribution in [-0.2, 0) is 23.1 Å². The van der Waals surface area contributed by atoms with Crippen molar-refractivity contribution in [1.29, 1.82) is 0 Å². The molecule has 0 amide bonds. The number of nitrogens with one attached hydrogen (secondary N) is 2. The molecule has 0 saturated heterocycles. The maximum absolute atomic E-state index is 12.4. The predicted octanol–water partition coefficient (Wildman–Crippen LogP) is 2.25. The molecule has 0 saturated carbocycles. The predicted molar refractivity (Wildman–Crippen MR) is 82.3 cm³/mol. The summed E-state index contributed by atoms with van der Waals surface area (Å²) in [7, 11) is -1.69. The molecule has 0 aliphatic carbocycles. The fourth-order valence-corrected chi connectivity index (χ4v) is 4.09. The van der Waals surface area contributed by atoms with Crippen LogP contribution in [0.4, 0.5) is 0 Å². The topological polar surface area (TPSA) is 58.2 Å². The van der Waals surface area contributed by atoms with E-state index in [1.54, 1.807) is 30.5 Å². The van der Waals surface area contributed by atoms with Crippen molar-refractivity contribution in [2.45, 2.75) is 24.9 Å². The van der Waals surface area contributed by atoms with Gasteiger partial charge in [0, 0.05) is 22.8 Å². The minimum atomic E-state index is -3.49. The molecule has 0 fully saturated rings. The van der Waals surface area contributed by atoms with Gasteiger partial charge in [-0.05, 0) is 37.7 Å². The molecule has 6 heteroatoms. The third kappa shape index (κ3) is 3.67. The van der Waals surface area contributed by atoms with Gasteiger partial charge < -0.3 is 5.32 Å². The quantitative estimate of drug-likeness (QED) is 0.860. The van der Waals surface area contributed by atoms with Crippen LogP contribution in [0.15, 0.2) is 41.3 Å². The minimum Gasteiger partial charge on any atom is -0.316 e. The van der Waals surface area contributed by atoms with Crippen LogP contribution in [-0.4, -0.2) is 15.5 Å². The zero-order chi connectivity index (χ0) is 14.6. The third-order valence-electron chi connectivity index (χ3n) is 2.86. The molecular weight excluding hydrogens is 292 g/mol. The summed E-state index contributed by atoms with van der Waals surface area (Å²) in [6.45, 7) is 2.86. The SMILES string of the molecule is CNCc1ccccc1S(=O)(=O)NCc1ccc(C)s1. The van der Waals surface area contributed by atoms with Gasteiger partial charge in [0.05, 0.1) is 4.90 Å². The highest BCUT2D eigenvalue weighted by molar-refractivity contribution is 7.89. The largest absolute Gasteiger partial charge is 0.316 e. The van der Waals surface area contributed by atoms with Crippen LogP contribution in [0.1, 0.15) is 15.3 Å². The summed E-state index contributed by atoms with van der Waals surface area (Å²) in [5.41, 5.74) is 0.768. The van der Waals surface area contributed by atoms with Crippen molar-refractivity contribution >= 4 is 21.4 Å². The Morgan fingerprint density at radius 1 is 1.10 bits per heavy atom. The molecule has 20 heavy (non-hydrogen) atoms. The Kier molecular flexibility index (Phi) is 4.93. The highest BCUT2D eigenvalue weighted by Crippen LogP contribution is 2.18. The summed E-state index contributed by atoms with van der Waals surface area (Å²) in [4.78, 5) is 2.52. The first kappa shape index (κ1) is 15.2. The van der Waals surface area contributed by atoms with E-state index in [4.69, 9.17) is 0 Å². The van der Waals surface area contributed by atoms with Gasteiger partial charge in [-0.3, -0.25) is 0 Å². The standard InChI is InChI=1S/C14H18N2O2S2/c1-11-7-8-13(19-11)10-16-20(17,18)14-6-4-3-5-12(14)9-15-2/h3-8,15-16H,9-10H2,1-2H3. The number of hydrogen-bond acceptors (Lipinski definition) is 4. The lowest BCUT2D eigenvalue weighted by Gasteiger charge is -2.10. The number of hydrogen-bond donors (Lipinski definition) is 2. The van der Waals surface area contributed by atoms with Crippen LogP contribution in [0, 0.1) is 6.92 Å². The van der Waals surface area contributed by atoms with Crippen LogP contribution in [0.5, 0.6) is 0 Å². The van der Waals surface area contributed by atoms with Gasteiger partial charge in [-0.25, -0.2) is 13.1 Å². The highest BCUT2D eigenvalue weighted by Gasteiger charge is 2.17. The molecule has 0 bridgehead atoms. The molecule has 2 aromatic rings. The molecule has 0 aliphatic rings. The maximum Gasteiger partial charge on any atom is 0.241 e. The molecule has 0 unspecified atom stereocenters. The summed E-state index contributed by atoms with van der Waals surface area (Å²) in [5, 5.41) is 2.98. The Morgan fingerprint density at radius 2 is 1.85 bits per heavy atom. The van der Waals surface area contributed by atoms with E-state index in [1.165, 1.54) is 4.88 Å². The third-order valence-corrected chi connectivity index (χ3v) is 5.36. The Bertz CT molecular complexity index is 678. The minimum absolute atomic E-state index is 0.328. The number of sulfonamides is 1. The number of aryl methyl sites for hydroxylation is 1. The van der Waals surface area contributed by atoms with Crippen molar-refractivity contribution in [1.82, 2.24) is 10.0 Å². The fourth-order valence-electron chi connectivity index (χ4n) is 1.93. The smallest absolute Gasteiger partial charge is 0.241 e. The molecule has 0 atom stereocenters. The van der Waals surface area contributed by atoms with E-state index in [9.17, 15) is 8.42 Å². The maximum atomic E-state index is 12.4. The van der Waals surface area contributed by atoms with Crippen LogP contribution in [0.3, 0.4) is 0 Å². The summed E-state index contributed by atoms with van der Waals surface area (Å²) in [5.74, 6) is 0. The van der Waals surface area contributed by atoms with Crippen LogP contribution >= 0.6 is 11.3 Å². The number of rotatable bonds is 6. The molecule has 0 aliphatic heterocycles. The van der Waals surface area contributed by atoms with Gasteiger partial charge in [0.25, 0.3) is 0 Å². The lowest BCUT2D eigenvalue weighted by Crippen LogP contribution is -2.24. The molecule has 1 aromatic heterocycles. The van der Waals surface area contributed by atoms with E-state index in [0.29, 0.717) is 18.0 Å². The molecule has 0 radical (unpaired) electrons. The Labute approximate surface area is 123 Å².